The normalized spacial score (nSPS) is 28.6. The average molecular weight is 441 g/mol. The van der Waals surface area contributed by atoms with Crippen LogP contribution in [0.2, 0.25) is 0 Å². The van der Waals surface area contributed by atoms with Crippen molar-refractivity contribution in [3.63, 3.8) is 0 Å². The number of rotatable bonds is 7. The molecule has 0 radical (unpaired) electrons. The molecule has 2 aromatic rings. The highest BCUT2D eigenvalue weighted by Crippen LogP contribution is 2.60. The first-order chi connectivity index (χ1) is 14.9. The molecule has 4 fully saturated rings. The van der Waals surface area contributed by atoms with Gasteiger partial charge < -0.3 is 4.74 Å². The maximum absolute atomic E-state index is 13.0. The Kier molecular flexibility index (Phi) is 5.36. The fourth-order valence-electron chi connectivity index (χ4n) is 6.28. The Balaban J connectivity index is 1.17. The first-order valence-electron chi connectivity index (χ1n) is 11.1. The number of hydrogen-bond donors (Lipinski definition) is 0. The summed E-state index contributed by atoms with van der Waals surface area (Å²) in [5, 5.41) is 12.4. The largest absolute Gasteiger partial charge is 0.457 e. The van der Waals surface area contributed by atoms with E-state index in [9.17, 15) is 9.59 Å². The maximum Gasteiger partial charge on any atom is 0.316 e. The van der Waals surface area contributed by atoms with Gasteiger partial charge in [-0.15, -0.1) is 5.10 Å². The van der Waals surface area contributed by atoms with Crippen LogP contribution in [-0.4, -0.2) is 44.3 Å². The second-order valence-electron chi connectivity index (χ2n) is 9.73. The molecule has 1 aromatic carbocycles. The highest BCUT2D eigenvalue weighted by molar-refractivity contribution is 7.99. The van der Waals surface area contributed by atoms with E-state index in [0.717, 1.165) is 36.1 Å². The van der Waals surface area contributed by atoms with E-state index in [-0.39, 0.29) is 23.6 Å². The predicted octanol–water partition coefficient (Wildman–Crippen LogP) is 3.70. The number of carbonyl (C=O) groups is 2. The molecule has 4 bridgehead atoms. The number of ketones is 1. The number of benzene rings is 1. The Hall–Kier alpha value is -2.22. The van der Waals surface area contributed by atoms with Crippen LogP contribution in [0.25, 0.3) is 5.69 Å². The van der Waals surface area contributed by atoms with Crippen molar-refractivity contribution >= 4 is 23.5 Å². The number of Topliss-reactive ketones (excluding diaryl/α,β-unsaturated/α-hetero) is 1. The molecule has 4 aliphatic rings. The molecule has 0 saturated heterocycles. The third-order valence-corrected chi connectivity index (χ3v) is 8.24. The van der Waals surface area contributed by atoms with Crippen molar-refractivity contribution in [1.29, 1.82) is 0 Å². The van der Waals surface area contributed by atoms with Crippen LogP contribution in [0.15, 0.2) is 23.4 Å². The summed E-state index contributed by atoms with van der Waals surface area (Å²) in [6.07, 6.45) is 6.85. The zero-order chi connectivity index (χ0) is 21.6. The van der Waals surface area contributed by atoms with Gasteiger partial charge in [0.15, 0.2) is 12.4 Å². The molecular weight excluding hydrogens is 412 g/mol. The van der Waals surface area contributed by atoms with Crippen molar-refractivity contribution in [1.82, 2.24) is 20.2 Å². The van der Waals surface area contributed by atoms with Crippen LogP contribution >= 0.6 is 11.8 Å². The van der Waals surface area contributed by atoms with E-state index >= 15 is 0 Å². The Morgan fingerprint density at radius 1 is 1.13 bits per heavy atom. The summed E-state index contributed by atoms with van der Waals surface area (Å²) in [4.78, 5) is 25.4. The van der Waals surface area contributed by atoms with Gasteiger partial charge in [0, 0.05) is 5.41 Å². The lowest BCUT2D eigenvalue weighted by Gasteiger charge is -2.55. The lowest BCUT2D eigenvalue weighted by atomic mass is 9.48. The molecule has 0 amide bonds. The standard InChI is InChI=1S/C23H28N4O3S/c1-14-3-4-15(2)19(5-14)27-22(24-25-26-27)31-13-21(29)30-12-20(28)23-9-16-6-17(10-23)8-18(7-16)11-23/h3-5,16-18H,6-13H2,1-2H3. The molecule has 1 aromatic heterocycles. The molecule has 0 N–H and O–H groups in total. The molecule has 7 nitrogen and oxygen atoms in total. The summed E-state index contributed by atoms with van der Waals surface area (Å²) in [6.45, 7) is 3.90. The van der Waals surface area contributed by atoms with Gasteiger partial charge in [-0.1, -0.05) is 23.9 Å². The minimum absolute atomic E-state index is 0.0688. The highest BCUT2D eigenvalue weighted by atomic mass is 32.2. The maximum atomic E-state index is 13.0. The van der Waals surface area contributed by atoms with Gasteiger partial charge in [-0.2, -0.15) is 4.68 Å². The Morgan fingerprint density at radius 2 is 1.81 bits per heavy atom. The number of aromatic nitrogens is 4. The molecule has 4 saturated carbocycles. The molecule has 1 heterocycles. The van der Waals surface area contributed by atoms with E-state index in [4.69, 9.17) is 4.74 Å². The lowest BCUT2D eigenvalue weighted by Crippen LogP contribution is -2.51. The van der Waals surface area contributed by atoms with Crippen molar-refractivity contribution in [3.8, 4) is 5.69 Å². The number of hydrogen-bond acceptors (Lipinski definition) is 7. The minimum atomic E-state index is -0.404. The van der Waals surface area contributed by atoms with Crippen LogP contribution in [-0.2, 0) is 14.3 Å². The molecule has 0 spiro atoms. The Labute approximate surface area is 186 Å². The van der Waals surface area contributed by atoms with E-state index in [2.05, 4.69) is 15.5 Å². The van der Waals surface area contributed by atoms with Crippen LogP contribution in [0, 0.1) is 37.0 Å². The molecule has 8 heteroatoms. The highest BCUT2D eigenvalue weighted by Gasteiger charge is 2.54. The van der Waals surface area contributed by atoms with Crippen molar-refractivity contribution < 1.29 is 14.3 Å². The number of ether oxygens (including phenoxy) is 1. The summed E-state index contributed by atoms with van der Waals surface area (Å²) in [5.74, 6) is 1.89. The second kappa shape index (κ2) is 8.04. The van der Waals surface area contributed by atoms with Crippen molar-refractivity contribution in [3.05, 3.63) is 29.3 Å². The van der Waals surface area contributed by atoms with Gasteiger partial charge in [-0.3, -0.25) is 9.59 Å². The van der Waals surface area contributed by atoms with E-state index < -0.39 is 5.97 Å². The fraction of sp³-hybridized carbons (Fsp3) is 0.609. The van der Waals surface area contributed by atoms with Crippen molar-refractivity contribution in [2.24, 2.45) is 23.2 Å². The molecule has 0 atom stereocenters. The zero-order valence-electron chi connectivity index (χ0n) is 18.0. The Morgan fingerprint density at radius 3 is 2.48 bits per heavy atom. The number of thioether (sulfide) groups is 1. The van der Waals surface area contributed by atoms with Crippen LogP contribution in [0.4, 0.5) is 0 Å². The zero-order valence-corrected chi connectivity index (χ0v) is 18.9. The molecule has 0 unspecified atom stereocenters. The number of tetrazole rings is 1. The predicted molar refractivity (Wildman–Crippen MR) is 116 cm³/mol. The Bertz CT molecular complexity index is 983. The van der Waals surface area contributed by atoms with Crippen LogP contribution < -0.4 is 0 Å². The smallest absolute Gasteiger partial charge is 0.316 e. The first kappa shape index (κ1) is 20.7. The summed E-state index contributed by atoms with van der Waals surface area (Å²) in [5.41, 5.74) is 2.81. The first-order valence-corrected chi connectivity index (χ1v) is 12.1. The van der Waals surface area contributed by atoms with Gasteiger partial charge in [0.1, 0.15) is 0 Å². The summed E-state index contributed by atoms with van der Waals surface area (Å²) in [7, 11) is 0. The molecule has 164 valence electrons. The summed E-state index contributed by atoms with van der Waals surface area (Å²) < 4.78 is 7.03. The van der Waals surface area contributed by atoms with Crippen molar-refractivity contribution in [2.45, 2.75) is 57.5 Å². The van der Waals surface area contributed by atoms with Crippen LogP contribution in [0.3, 0.4) is 0 Å². The second-order valence-corrected chi connectivity index (χ2v) is 10.7. The summed E-state index contributed by atoms with van der Waals surface area (Å²) in [6, 6.07) is 6.07. The van der Waals surface area contributed by atoms with E-state index in [0.29, 0.717) is 22.9 Å². The number of esters is 1. The van der Waals surface area contributed by atoms with Gasteiger partial charge in [-0.25, -0.2) is 0 Å². The quantitative estimate of drug-likeness (QED) is 0.479. The third kappa shape index (κ3) is 4.02. The summed E-state index contributed by atoms with van der Waals surface area (Å²) >= 11 is 1.22. The van der Waals surface area contributed by atoms with Gasteiger partial charge in [0.2, 0.25) is 5.16 Å². The number of aryl methyl sites for hydroxylation is 2. The van der Waals surface area contributed by atoms with Crippen LogP contribution in [0.5, 0.6) is 0 Å². The monoisotopic (exact) mass is 440 g/mol. The van der Waals surface area contributed by atoms with E-state index in [1.807, 2.05) is 32.0 Å². The molecule has 4 aliphatic carbocycles. The van der Waals surface area contributed by atoms with E-state index in [1.54, 1.807) is 4.68 Å². The fourth-order valence-corrected chi connectivity index (χ4v) is 6.97. The van der Waals surface area contributed by atoms with Crippen LogP contribution in [0.1, 0.15) is 49.7 Å². The van der Waals surface area contributed by atoms with Gasteiger partial charge in [0.25, 0.3) is 0 Å². The number of carbonyl (C=O) groups excluding carboxylic acids is 2. The SMILES string of the molecule is Cc1ccc(C)c(-n2nnnc2SCC(=O)OCC(=O)C23CC4CC(CC(C4)C2)C3)c1. The molecule has 0 aliphatic heterocycles. The van der Waals surface area contributed by atoms with Gasteiger partial charge in [0.05, 0.1) is 11.4 Å². The third-order valence-electron chi connectivity index (χ3n) is 7.35. The lowest BCUT2D eigenvalue weighted by molar-refractivity contribution is -0.156. The van der Waals surface area contributed by atoms with Gasteiger partial charge in [-0.05, 0) is 97.7 Å². The molecular formula is C23H28N4O3S. The molecule has 6 rings (SSSR count). The van der Waals surface area contributed by atoms with E-state index in [1.165, 1.54) is 31.0 Å². The average Bonchev–Trinajstić information content (AvgIpc) is 3.19. The van der Waals surface area contributed by atoms with Gasteiger partial charge >= 0.3 is 5.97 Å². The number of nitrogens with zero attached hydrogens (tertiary/aromatic N) is 4. The molecule has 31 heavy (non-hydrogen) atoms. The topological polar surface area (TPSA) is 87.0 Å². The minimum Gasteiger partial charge on any atom is -0.457 e. The van der Waals surface area contributed by atoms with Crippen molar-refractivity contribution in [2.75, 3.05) is 12.4 Å².